The van der Waals surface area contributed by atoms with Gasteiger partial charge in [0.25, 0.3) is 5.91 Å². The number of nitrogens with one attached hydrogen (secondary N) is 1. The summed E-state index contributed by atoms with van der Waals surface area (Å²) in [4.78, 5) is 12.6. The van der Waals surface area contributed by atoms with Gasteiger partial charge in [0.05, 0.1) is 17.5 Å². The summed E-state index contributed by atoms with van der Waals surface area (Å²) in [5, 5.41) is 20.6. The summed E-state index contributed by atoms with van der Waals surface area (Å²) in [6, 6.07) is 15.1. The van der Waals surface area contributed by atoms with Crippen molar-refractivity contribution < 1.29 is 9.90 Å². The molecule has 6 heteroatoms. The lowest BCUT2D eigenvalue weighted by molar-refractivity contribution is 0.102. The second kappa shape index (κ2) is 7.49. The molecule has 3 aromatic rings. The first-order valence-corrected chi connectivity index (χ1v) is 8.60. The van der Waals surface area contributed by atoms with E-state index in [0.717, 1.165) is 17.7 Å². The standard InChI is InChI=1S/C20H22N4O2/c1-4-15-8-10-18(11-9-15)24-13(2)19(22-23-24)20(26)21-17-7-5-6-16(12-17)14(3)25/h5-12,14,25H,4H2,1-3H3,(H,21,26)/t14-/m1/s1. The van der Waals surface area contributed by atoms with Gasteiger partial charge in [0.15, 0.2) is 5.69 Å². The average molecular weight is 350 g/mol. The Labute approximate surface area is 152 Å². The molecule has 3 rings (SSSR count). The number of benzene rings is 2. The van der Waals surface area contributed by atoms with E-state index in [-0.39, 0.29) is 11.6 Å². The molecule has 6 nitrogen and oxygen atoms in total. The largest absolute Gasteiger partial charge is 0.389 e. The van der Waals surface area contributed by atoms with Crippen LogP contribution in [0.25, 0.3) is 5.69 Å². The van der Waals surface area contributed by atoms with Gasteiger partial charge in [-0.2, -0.15) is 0 Å². The average Bonchev–Trinajstić information content (AvgIpc) is 3.03. The fourth-order valence-corrected chi connectivity index (χ4v) is 2.72. The molecule has 1 atom stereocenters. The molecule has 0 saturated carbocycles. The minimum absolute atomic E-state index is 0.270. The van der Waals surface area contributed by atoms with Crippen LogP contribution in [0.4, 0.5) is 5.69 Å². The van der Waals surface area contributed by atoms with Crippen molar-refractivity contribution in [3.05, 3.63) is 71.0 Å². The molecule has 1 heterocycles. The van der Waals surface area contributed by atoms with E-state index in [9.17, 15) is 9.90 Å². The summed E-state index contributed by atoms with van der Waals surface area (Å²) in [7, 11) is 0. The van der Waals surface area contributed by atoms with Gasteiger partial charge in [0.1, 0.15) is 0 Å². The van der Waals surface area contributed by atoms with Crippen molar-refractivity contribution in [3.63, 3.8) is 0 Å². The first kappa shape index (κ1) is 17.8. The molecule has 26 heavy (non-hydrogen) atoms. The van der Waals surface area contributed by atoms with Crippen LogP contribution in [0.2, 0.25) is 0 Å². The molecular formula is C20H22N4O2. The third-order valence-corrected chi connectivity index (χ3v) is 4.33. The van der Waals surface area contributed by atoms with Crippen LogP contribution < -0.4 is 5.32 Å². The fraction of sp³-hybridized carbons (Fsp3) is 0.250. The molecular weight excluding hydrogens is 328 g/mol. The molecule has 134 valence electrons. The first-order valence-electron chi connectivity index (χ1n) is 8.60. The summed E-state index contributed by atoms with van der Waals surface area (Å²) < 4.78 is 1.65. The maximum atomic E-state index is 12.6. The second-order valence-electron chi connectivity index (χ2n) is 6.21. The van der Waals surface area contributed by atoms with Crippen LogP contribution in [0.5, 0.6) is 0 Å². The lowest BCUT2D eigenvalue weighted by atomic mass is 10.1. The summed E-state index contributed by atoms with van der Waals surface area (Å²) in [6.45, 7) is 5.60. The Balaban J connectivity index is 1.82. The highest BCUT2D eigenvalue weighted by atomic mass is 16.3. The molecule has 0 saturated heterocycles. The smallest absolute Gasteiger partial charge is 0.278 e. The Morgan fingerprint density at radius 3 is 2.62 bits per heavy atom. The van der Waals surface area contributed by atoms with Crippen LogP contribution in [-0.4, -0.2) is 26.0 Å². The fourth-order valence-electron chi connectivity index (χ4n) is 2.72. The molecule has 0 fully saturated rings. The van der Waals surface area contributed by atoms with Crippen molar-refractivity contribution in [3.8, 4) is 5.69 Å². The molecule has 2 aromatic carbocycles. The topological polar surface area (TPSA) is 80.0 Å². The Morgan fingerprint density at radius 1 is 1.23 bits per heavy atom. The molecule has 1 amide bonds. The van der Waals surface area contributed by atoms with E-state index in [4.69, 9.17) is 0 Å². The highest BCUT2D eigenvalue weighted by Crippen LogP contribution is 2.19. The number of carbonyl (C=O) groups is 1. The Bertz CT molecular complexity index is 914. The first-order chi connectivity index (χ1) is 12.5. The Hall–Kier alpha value is -2.99. The quantitative estimate of drug-likeness (QED) is 0.739. The van der Waals surface area contributed by atoms with Crippen molar-refractivity contribution in [1.82, 2.24) is 15.0 Å². The summed E-state index contributed by atoms with van der Waals surface area (Å²) in [5.74, 6) is -0.332. The maximum absolute atomic E-state index is 12.6. The molecule has 0 aliphatic heterocycles. The zero-order valence-corrected chi connectivity index (χ0v) is 15.1. The molecule has 0 bridgehead atoms. The number of aromatic nitrogens is 3. The van der Waals surface area contributed by atoms with Gasteiger partial charge in [0.2, 0.25) is 0 Å². The monoisotopic (exact) mass is 350 g/mol. The molecule has 0 radical (unpaired) electrons. The summed E-state index contributed by atoms with van der Waals surface area (Å²) in [5.41, 5.74) is 4.38. The maximum Gasteiger partial charge on any atom is 0.278 e. The normalized spacial score (nSPS) is 12.0. The highest BCUT2D eigenvalue weighted by molar-refractivity contribution is 6.03. The van der Waals surface area contributed by atoms with E-state index in [1.165, 1.54) is 5.56 Å². The SMILES string of the molecule is CCc1ccc(-n2nnc(C(=O)Nc3cccc([C@@H](C)O)c3)c2C)cc1. The minimum Gasteiger partial charge on any atom is -0.389 e. The third-order valence-electron chi connectivity index (χ3n) is 4.33. The lowest BCUT2D eigenvalue weighted by Crippen LogP contribution is -2.14. The van der Waals surface area contributed by atoms with E-state index in [0.29, 0.717) is 11.4 Å². The van der Waals surface area contributed by atoms with Crippen molar-refractivity contribution in [2.24, 2.45) is 0 Å². The summed E-state index contributed by atoms with van der Waals surface area (Å²) >= 11 is 0. The number of amides is 1. The molecule has 0 aliphatic carbocycles. The van der Waals surface area contributed by atoms with Crippen LogP contribution in [0, 0.1) is 6.92 Å². The van der Waals surface area contributed by atoms with Crippen LogP contribution >= 0.6 is 0 Å². The number of aryl methyl sites for hydroxylation is 1. The predicted molar refractivity (Wildman–Crippen MR) is 101 cm³/mol. The van der Waals surface area contributed by atoms with Gasteiger partial charge >= 0.3 is 0 Å². The number of hydrogen-bond acceptors (Lipinski definition) is 4. The summed E-state index contributed by atoms with van der Waals surface area (Å²) in [6.07, 6.45) is 0.371. The van der Waals surface area contributed by atoms with Gasteiger partial charge in [-0.15, -0.1) is 5.10 Å². The molecule has 2 N–H and O–H groups in total. The number of hydrogen-bond donors (Lipinski definition) is 2. The van der Waals surface area contributed by atoms with Crippen LogP contribution in [0.3, 0.4) is 0 Å². The van der Waals surface area contributed by atoms with Gasteiger partial charge in [-0.3, -0.25) is 4.79 Å². The zero-order chi connectivity index (χ0) is 18.7. The van der Waals surface area contributed by atoms with Crippen molar-refractivity contribution >= 4 is 11.6 Å². The third kappa shape index (κ3) is 3.65. The minimum atomic E-state index is -0.597. The molecule has 0 unspecified atom stereocenters. The number of carbonyl (C=O) groups excluding carboxylic acids is 1. The molecule has 0 aliphatic rings. The predicted octanol–water partition coefficient (Wildman–Crippen LogP) is 3.44. The van der Waals surface area contributed by atoms with Crippen LogP contribution in [0.15, 0.2) is 48.5 Å². The number of rotatable bonds is 5. The van der Waals surface area contributed by atoms with Gasteiger partial charge in [-0.1, -0.05) is 36.4 Å². The van der Waals surface area contributed by atoms with Crippen molar-refractivity contribution in [2.75, 3.05) is 5.32 Å². The van der Waals surface area contributed by atoms with Gasteiger partial charge < -0.3 is 10.4 Å². The van der Waals surface area contributed by atoms with Crippen molar-refractivity contribution in [2.45, 2.75) is 33.3 Å². The van der Waals surface area contributed by atoms with Crippen LogP contribution in [-0.2, 0) is 6.42 Å². The molecule has 1 aromatic heterocycles. The van der Waals surface area contributed by atoms with Gasteiger partial charge in [-0.25, -0.2) is 4.68 Å². The highest BCUT2D eigenvalue weighted by Gasteiger charge is 2.17. The van der Waals surface area contributed by atoms with E-state index in [2.05, 4.69) is 22.6 Å². The number of nitrogens with zero attached hydrogens (tertiary/aromatic N) is 3. The van der Waals surface area contributed by atoms with Crippen LogP contribution in [0.1, 0.15) is 47.3 Å². The van der Waals surface area contributed by atoms with Gasteiger partial charge in [-0.05, 0) is 55.7 Å². The zero-order valence-electron chi connectivity index (χ0n) is 15.1. The number of aliphatic hydroxyl groups excluding tert-OH is 1. The number of aliphatic hydroxyl groups is 1. The van der Waals surface area contributed by atoms with Crippen molar-refractivity contribution in [1.29, 1.82) is 0 Å². The van der Waals surface area contributed by atoms with E-state index < -0.39 is 6.10 Å². The van der Waals surface area contributed by atoms with E-state index >= 15 is 0 Å². The van der Waals surface area contributed by atoms with Gasteiger partial charge in [0, 0.05) is 5.69 Å². The van der Waals surface area contributed by atoms with E-state index in [1.54, 1.807) is 29.8 Å². The Kier molecular flexibility index (Phi) is 5.14. The second-order valence-corrected chi connectivity index (χ2v) is 6.21. The number of anilines is 1. The lowest BCUT2D eigenvalue weighted by Gasteiger charge is -2.09. The molecule has 0 spiro atoms. The Morgan fingerprint density at radius 2 is 1.96 bits per heavy atom. The van der Waals surface area contributed by atoms with E-state index in [1.807, 2.05) is 37.3 Å².